The van der Waals surface area contributed by atoms with Crippen LogP contribution in [0.3, 0.4) is 0 Å². The molecule has 0 amide bonds. The maximum atomic E-state index is 2.63. The fraction of sp³-hybridized carbons (Fsp3) is 0.314. The van der Waals surface area contributed by atoms with Crippen molar-refractivity contribution in [2.24, 2.45) is 23.7 Å². The topological polar surface area (TPSA) is 0 Å². The van der Waals surface area contributed by atoms with Crippen molar-refractivity contribution in [3.63, 3.8) is 0 Å². The Labute approximate surface area is 208 Å². The van der Waals surface area contributed by atoms with Gasteiger partial charge in [-0.1, -0.05) is 72.8 Å². The second-order valence-corrected chi connectivity index (χ2v) is 12.2. The highest BCUT2D eigenvalue weighted by atomic mass is 14.6. The van der Waals surface area contributed by atoms with Gasteiger partial charge in [0, 0.05) is 5.41 Å². The van der Waals surface area contributed by atoms with Crippen molar-refractivity contribution in [3.05, 3.63) is 107 Å². The molecule has 0 atom stereocenters. The van der Waals surface area contributed by atoms with E-state index in [1.807, 2.05) is 0 Å². The van der Waals surface area contributed by atoms with E-state index in [4.69, 9.17) is 0 Å². The van der Waals surface area contributed by atoms with E-state index >= 15 is 0 Å². The summed E-state index contributed by atoms with van der Waals surface area (Å²) < 4.78 is 0. The Balaban J connectivity index is 1.24. The summed E-state index contributed by atoms with van der Waals surface area (Å²) in [5.74, 6) is 3.62. The summed E-state index contributed by atoms with van der Waals surface area (Å²) in [5, 5.41) is 0. The molecule has 10 rings (SSSR count). The summed E-state index contributed by atoms with van der Waals surface area (Å²) >= 11 is 0. The normalized spacial score (nSPS) is 30.3. The van der Waals surface area contributed by atoms with E-state index in [2.05, 4.69) is 84.9 Å². The summed E-state index contributed by atoms with van der Waals surface area (Å²) in [6.07, 6.45) is 8.36. The Morgan fingerprint density at radius 3 is 1.94 bits per heavy atom. The Bertz CT molecular complexity index is 1510. The molecule has 0 aromatic heterocycles. The molecule has 4 bridgehead atoms. The van der Waals surface area contributed by atoms with Gasteiger partial charge in [-0.25, -0.2) is 0 Å². The van der Waals surface area contributed by atoms with Crippen molar-refractivity contribution in [1.29, 1.82) is 0 Å². The van der Waals surface area contributed by atoms with Crippen LogP contribution in [0.1, 0.15) is 54.4 Å². The SMILES string of the molecule is c1ccc2c(c1)Cc1ccc(-c3ccc4c(c3)C3(c5ccccc5-4)C4CC5CC(C4)CC3C5)cc1-2. The summed E-state index contributed by atoms with van der Waals surface area (Å²) in [7, 11) is 0. The van der Waals surface area contributed by atoms with Gasteiger partial charge in [0.05, 0.1) is 0 Å². The van der Waals surface area contributed by atoms with Crippen molar-refractivity contribution >= 4 is 0 Å². The second-order valence-electron chi connectivity index (χ2n) is 12.2. The summed E-state index contributed by atoms with van der Waals surface area (Å²) in [5.41, 5.74) is 15.2. The van der Waals surface area contributed by atoms with E-state index in [-0.39, 0.29) is 5.41 Å². The van der Waals surface area contributed by atoms with Gasteiger partial charge < -0.3 is 0 Å². The molecular formula is C35H30. The summed E-state index contributed by atoms with van der Waals surface area (Å²) in [4.78, 5) is 0. The van der Waals surface area contributed by atoms with Crippen LogP contribution in [0.5, 0.6) is 0 Å². The molecule has 0 aliphatic heterocycles. The first-order chi connectivity index (χ1) is 17.3. The molecule has 0 nitrogen and oxygen atoms in total. The van der Waals surface area contributed by atoms with Gasteiger partial charge in [0.25, 0.3) is 0 Å². The fourth-order valence-electron chi connectivity index (χ4n) is 9.64. The molecule has 0 heterocycles. The van der Waals surface area contributed by atoms with Gasteiger partial charge in [-0.2, -0.15) is 0 Å². The van der Waals surface area contributed by atoms with Crippen LogP contribution < -0.4 is 0 Å². The first-order valence-electron chi connectivity index (χ1n) is 13.7. The van der Waals surface area contributed by atoms with Gasteiger partial charge in [-0.3, -0.25) is 0 Å². The van der Waals surface area contributed by atoms with Crippen molar-refractivity contribution in [2.75, 3.05) is 0 Å². The van der Waals surface area contributed by atoms with Gasteiger partial charge in [-0.15, -0.1) is 0 Å². The van der Waals surface area contributed by atoms with Crippen LogP contribution >= 0.6 is 0 Å². The molecule has 0 saturated heterocycles. The summed E-state index contributed by atoms with van der Waals surface area (Å²) in [6, 6.07) is 33.1. The lowest BCUT2D eigenvalue weighted by Crippen LogP contribution is -2.55. The molecule has 1 spiro atoms. The largest absolute Gasteiger partial charge is 0.0619 e. The van der Waals surface area contributed by atoms with E-state index in [0.717, 1.165) is 30.1 Å². The molecule has 4 fully saturated rings. The first kappa shape index (κ1) is 19.1. The van der Waals surface area contributed by atoms with Crippen LogP contribution in [0.25, 0.3) is 33.4 Å². The van der Waals surface area contributed by atoms with Crippen molar-refractivity contribution < 1.29 is 0 Å². The van der Waals surface area contributed by atoms with E-state index < -0.39 is 0 Å². The van der Waals surface area contributed by atoms with Crippen LogP contribution in [0.15, 0.2) is 84.9 Å². The first-order valence-corrected chi connectivity index (χ1v) is 13.7. The lowest BCUT2D eigenvalue weighted by molar-refractivity contribution is -0.0399. The van der Waals surface area contributed by atoms with Crippen LogP contribution in [0.4, 0.5) is 0 Å². The molecule has 0 unspecified atom stereocenters. The molecule has 6 aliphatic carbocycles. The zero-order valence-electron chi connectivity index (χ0n) is 20.1. The van der Waals surface area contributed by atoms with E-state index in [1.165, 1.54) is 76.6 Å². The van der Waals surface area contributed by atoms with Crippen molar-refractivity contribution in [1.82, 2.24) is 0 Å². The zero-order valence-corrected chi connectivity index (χ0v) is 20.1. The third kappa shape index (κ3) is 2.34. The van der Waals surface area contributed by atoms with Gasteiger partial charge in [0.2, 0.25) is 0 Å². The molecular weight excluding hydrogens is 420 g/mol. The lowest BCUT2D eigenvalue weighted by Gasteiger charge is -2.61. The number of fused-ring (bicyclic) bond motifs is 6. The molecule has 6 aliphatic rings. The molecule has 0 heteroatoms. The number of rotatable bonds is 1. The zero-order chi connectivity index (χ0) is 22.7. The predicted molar refractivity (Wildman–Crippen MR) is 143 cm³/mol. The van der Waals surface area contributed by atoms with Crippen molar-refractivity contribution in [3.8, 4) is 33.4 Å². The Kier molecular flexibility index (Phi) is 3.58. The van der Waals surface area contributed by atoms with Crippen LogP contribution in [-0.4, -0.2) is 0 Å². The average molecular weight is 451 g/mol. The molecule has 4 saturated carbocycles. The van der Waals surface area contributed by atoms with Gasteiger partial charge >= 0.3 is 0 Å². The summed E-state index contributed by atoms with van der Waals surface area (Å²) in [6.45, 7) is 0. The van der Waals surface area contributed by atoms with E-state index in [0.29, 0.717) is 0 Å². The van der Waals surface area contributed by atoms with E-state index in [9.17, 15) is 0 Å². The van der Waals surface area contributed by atoms with Crippen LogP contribution in [0.2, 0.25) is 0 Å². The predicted octanol–water partition coefficient (Wildman–Crippen LogP) is 8.65. The standard InChI is InChI=1S/C35H30/c1-2-6-29-25(5-1)18-26-10-9-23(19-32(26)29)24-11-12-31-30-7-3-4-8-33(30)35(34(31)20-24)27-14-21-13-22(16-27)17-28(35)15-21/h1-12,19-22,27-28H,13-18H2. The van der Waals surface area contributed by atoms with Gasteiger partial charge in [-0.05, 0) is 130 Å². The average Bonchev–Trinajstić information content (AvgIpc) is 3.40. The Morgan fingerprint density at radius 1 is 0.486 bits per heavy atom. The minimum Gasteiger partial charge on any atom is -0.0619 e. The molecule has 35 heavy (non-hydrogen) atoms. The highest BCUT2D eigenvalue weighted by Gasteiger charge is 2.61. The smallest absolute Gasteiger partial charge is 0.0272 e. The maximum absolute atomic E-state index is 2.63. The van der Waals surface area contributed by atoms with E-state index in [1.54, 1.807) is 11.1 Å². The van der Waals surface area contributed by atoms with Gasteiger partial charge in [0.1, 0.15) is 0 Å². The van der Waals surface area contributed by atoms with Crippen molar-refractivity contribution in [2.45, 2.75) is 43.9 Å². The monoisotopic (exact) mass is 450 g/mol. The minimum atomic E-state index is 0.249. The van der Waals surface area contributed by atoms with Crippen LogP contribution in [0, 0.1) is 23.7 Å². The lowest BCUT2D eigenvalue weighted by atomic mass is 9.43. The quantitative estimate of drug-likeness (QED) is 0.240. The third-order valence-electron chi connectivity index (χ3n) is 10.7. The number of hydrogen-bond donors (Lipinski definition) is 0. The molecule has 4 aromatic rings. The molecule has 0 N–H and O–H groups in total. The molecule has 170 valence electrons. The fourth-order valence-corrected chi connectivity index (χ4v) is 9.64. The third-order valence-corrected chi connectivity index (χ3v) is 10.7. The molecule has 4 aromatic carbocycles. The second kappa shape index (κ2) is 6.55. The number of hydrogen-bond acceptors (Lipinski definition) is 0. The molecule has 0 radical (unpaired) electrons. The highest BCUT2D eigenvalue weighted by Crippen LogP contribution is 2.69. The Morgan fingerprint density at radius 2 is 1.11 bits per heavy atom. The maximum Gasteiger partial charge on any atom is 0.0272 e. The number of benzene rings is 4. The van der Waals surface area contributed by atoms with Gasteiger partial charge in [0.15, 0.2) is 0 Å². The minimum absolute atomic E-state index is 0.249. The Hall–Kier alpha value is -3.12. The van der Waals surface area contributed by atoms with Crippen LogP contribution in [-0.2, 0) is 11.8 Å². The highest BCUT2D eigenvalue weighted by molar-refractivity contribution is 5.86.